The number of sulfonamides is 1. The molecule has 0 amide bonds. The van der Waals surface area contributed by atoms with Crippen LogP contribution in [0.1, 0.15) is 19.4 Å². The predicted molar refractivity (Wildman–Crippen MR) is 61.0 cm³/mol. The summed E-state index contributed by atoms with van der Waals surface area (Å²) in [5, 5.41) is 0. The smallest absolute Gasteiger partial charge is 0.207 e. The Kier molecular flexibility index (Phi) is 3.88. The largest absolute Gasteiger partial charge is 0.243 e. The van der Waals surface area contributed by atoms with Crippen molar-refractivity contribution in [2.24, 2.45) is 0 Å². The average molecular weight is 226 g/mol. The van der Waals surface area contributed by atoms with Crippen LogP contribution < -0.4 is 0 Å². The molecule has 0 heterocycles. The average Bonchev–Trinajstić information content (AvgIpc) is 2.19. The van der Waals surface area contributed by atoms with E-state index in [2.05, 4.69) is 6.92 Å². The fourth-order valence-corrected chi connectivity index (χ4v) is 2.83. The van der Waals surface area contributed by atoms with Crippen LogP contribution in [0, 0.1) is 6.92 Å². The summed E-state index contributed by atoms with van der Waals surface area (Å²) in [5.74, 6) is 0. The Balaban J connectivity index is 3.11. The highest BCUT2D eigenvalue weighted by Crippen LogP contribution is 2.15. The third-order valence-electron chi connectivity index (χ3n) is 2.27. The molecule has 1 aromatic carbocycles. The van der Waals surface area contributed by atoms with E-state index in [-0.39, 0.29) is 0 Å². The van der Waals surface area contributed by atoms with Crippen LogP contribution in [0.2, 0.25) is 0 Å². The summed E-state index contributed by atoms with van der Waals surface area (Å²) in [6.07, 6.45) is 0. The van der Waals surface area contributed by atoms with Gasteiger partial charge in [0.2, 0.25) is 10.0 Å². The van der Waals surface area contributed by atoms with Gasteiger partial charge in [-0.2, -0.15) is 4.31 Å². The molecule has 0 bridgehead atoms. The summed E-state index contributed by atoms with van der Waals surface area (Å²) in [5.41, 5.74) is 0.813. The molecule has 0 aliphatic carbocycles. The molecule has 0 saturated heterocycles. The van der Waals surface area contributed by atoms with Crippen molar-refractivity contribution >= 4 is 10.0 Å². The lowest BCUT2D eigenvalue weighted by molar-refractivity contribution is 0.445. The van der Waals surface area contributed by atoms with Crippen molar-refractivity contribution in [3.8, 4) is 0 Å². The maximum absolute atomic E-state index is 12.0. The van der Waals surface area contributed by atoms with E-state index < -0.39 is 10.0 Å². The maximum Gasteiger partial charge on any atom is 0.243 e. The molecule has 3 nitrogen and oxygen atoms in total. The van der Waals surface area contributed by atoms with Gasteiger partial charge in [-0.1, -0.05) is 26.0 Å². The lowest BCUT2D eigenvalue weighted by atomic mass is 10.2. The summed E-state index contributed by atoms with van der Waals surface area (Å²) in [4.78, 5) is 0.332. The zero-order valence-electron chi connectivity index (χ0n) is 9.10. The zero-order valence-corrected chi connectivity index (χ0v) is 9.92. The Morgan fingerprint density at radius 1 is 1.13 bits per heavy atom. The Morgan fingerprint density at radius 3 is 2.00 bits per heavy atom. The third kappa shape index (κ3) is 2.58. The molecule has 83 valence electrons. The zero-order chi connectivity index (χ0) is 11.5. The molecule has 0 unspecified atom stereocenters. The van der Waals surface area contributed by atoms with Crippen molar-refractivity contribution in [1.29, 1.82) is 0 Å². The first-order chi connectivity index (χ1) is 7.02. The Morgan fingerprint density at radius 2 is 1.60 bits per heavy atom. The SMILES string of the molecule is [CH2]c1ccc(S(=O)(=O)N(CC)CC)cc1. The summed E-state index contributed by atoms with van der Waals surface area (Å²) in [6.45, 7) is 8.36. The molecule has 0 fully saturated rings. The van der Waals surface area contributed by atoms with Gasteiger partial charge in [0.1, 0.15) is 0 Å². The second kappa shape index (κ2) is 4.77. The minimum Gasteiger partial charge on any atom is -0.207 e. The van der Waals surface area contributed by atoms with Gasteiger partial charge in [0.05, 0.1) is 4.90 Å². The van der Waals surface area contributed by atoms with Gasteiger partial charge in [0, 0.05) is 13.1 Å². The van der Waals surface area contributed by atoms with Crippen LogP contribution in [-0.4, -0.2) is 25.8 Å². The molecule has 0 aromatic heterocycles. The molecule has 15 heavy (non-hydrogen) atoms. The van der Waals surface area contributed by atoms with E-state index in [9.17, 15) is 8.42 Å². The van der Waals surface area contributed by atoms with Gasteiger partial charge in [0.25, 0.3) is 0 Å². The quantitative estimate of drug-likeness (QED) is 0.786. The van der Waals surface area contributed by atoms with Gasteiger partial charge >= 0.3 is 0 Å². The minimum absolute atomic E-state index is 0.332. The fourth-order valence-electron chi connectivity index (χ4n) is 1.37. The van der Waals surface area contributed by atoms with Crippen molar-refractivity contribution in [2.45, 2.75) is 18.7 Å². The molecule has 0 aliphatic rings. The van der Waals surface area contributed by atoms with Gasteiger partial charge < -0.3 is 0 Å². The lowest BCUT2D eigenvalue weighted by Gasteiger charge is -2.18. The van der Waals surface area contributed by atoms with Gasteiger partial charge in [-0.15, -0.1) is 0 Å². The third-order valence-corrected chi connectivity index (χ3v) is 4.33. The van der Waals surface area contributed by atoms with Gasteiger partial charge in [-0.25, -0.2) is 8.42 Å². The Hall–Kier alpha value is -0.870. The second-order valence-corrected chi connectivity index (χ2v) is 5.17. The molecule has 1 aromatic rings. The molecule has 0 atom stereocenters. The summed E-state index contributed by atoms with van der Waals surface area (Å²) < 4.78 is 25.5. The van der Waals surface area contributed by atoms with E-state index >= 15 is 0 Å². The molecule has 4 heteroatoms. The number of benzene rings is 1. The fraction of sp³-hybridized carbons (Fsp3) is 0.364. The Bertz CT molecular complexity index is 405. The highest BCUT2D eigenvalue weighted by molar-refractivity contribution is 7.89. The minimum atomic E-state index is -3.31. The number of nitrogens with zero attached hydrogens (tertiary/aromatic N) is 1. The van der Waals surface area contributed by atoms with Crippen molar-refractivity contribution in [3.63, 3.8) is 0 Å². The van der Waals surface area contributed by atoms with E-state index in [0.29, 0.717) is 18.0 Å². The monoisotopic (exact) mass is 226 g/mol. The topological polar surface area (TPSA) is 37.4 Å². The number of hydrogen-bond acceptors (Lipinski definition) is 2. The van der Waals surface area contributed by atoms with E-state index in [0.717, 1.165) is 5.56 Å². The highest BCUT2D eigenvalue weighted by Gasteiger charge is 2.20. The van der Waals surface area contributed by atoms with Crippen LogP contribution in [0.15, 0.2) is 29.2 Å². The van der Waals surface area contributed by atoms with Crippen molar-refractivity contribution in [2.75, 3.05) is 13.1 Å². The lowest BCUT2D eigenvalue weighted by Crippen LogP contribution is -2.30. The summed E-state index contributed by atoms with van der Waals surface area (Å²) in [7, 11) is -3.31. The van der Waals surface area contributed by atoms with E-state index in [1.54, 1.807) is 24.3 Å². The molecule has 0 saturated carbocycles. The van der Waals surface area contributed by atoms with Crippen molar-refractivity contribution in [1.82, 2.24) is 4.31 Å². The van der Waals surface area contributed by atoms with Crippen molar-refractivity contribution < 1.29 is 8.42 Å². The predicted octanol–water partition coefficient (Wildman–Crippen LogP) is 1.90. The first-order valence-corrected chi connectivity index (χ1v) is 6.38. The standard InChI is InChI=1S/C11H16NO2S/c1-4-12(5-2)15(13,14)11-8-6-10(3)7-9-11/h6-9H,3-5H2,1-2H3. The molecule has 0 N–H and O–H groups in total. The van der Waals surface area contributed by atoms with Crippen LogP contribution in [0.5, 0.6) is 0 Å². The first-order valence-electron chi connectivity index (χ1n) is 4.94. The second-order valence-electron chi connectivity index (χ2n) is 3.23. The Labute approximate surface area is 91.8 Å². The molecular weight excluding hydrogens is 210 g/mol. The van der Waals surface area contributed by atoms with Crippen LogP contribution in [0.3, 0.4) is 0 Å². The normalized spacial score (nSPS) is 12.0. The molecule has 0 spiro atoms. The van der Waals surface area contributed by atoms with Crippen LogP contribution in [-0.2, 0) is 10.0 Å². The van der Waals surface area contributed by atoms with E-state index in [4.69, 9.17) is 0 Å². The van der Waals surface area contributed by atoms with Crippen LogP contribution in [0.4, 0.5) is 0 Å². The van der Waals surface area contributed by atoms with E-state index in [1.165, 1.54) is 4.31 Å². The van der Waals surface area contributed by atoms with Crippen LogP contribution in [0.25, 0.3) is 0 Å². The first kappa shape index (κ1) is 12.2. The summed E-state index contributed by atoms with van der Waals surface area (Å²) in [6, 6.07) is 6.60. The maximum atomic E-state index is 12.0. The summed E-state index contributed by atoms with van der Waals surface area (Å²) >= 11 is 0. The van der Waals surface area contributed by atoms with Crippen molar-refractivity contribution in [3.05, 3.63) is 36.8 Å². The van der Waals surface area contributed by atoms with Gasteiger partial charge in [-0.3, -0.25) is 0 Å². The van der Waals surface area contributed by atoms with Gasteiger partial charge in [0.15, 0.2) is 0 Å². The van der Waals surface area contributed by atoms with Crippen LogP contribution >= 0.6 is 0 Å². The number of hydrogen-bond donors (Lipinski definition) is 0. The highest BCUT2D eigenvalue weighted by atomic mass is 32.2. The number of rotatable bonds is 4. The van der Waals surface area contributed by atoms with Gasteiger partial charge in [-0.05, 0) is 24.6 Å². The van der Waals surface area contributed by atoms with E-state index in [1.807, 2.05) is 13.8 Å². The molecule has 1 rings (SSSR count). The molecule has 0 aliphatic heterocycles. The molecular formula is C11H16NO2S. The molecule has 1 radical (unpaired) electrons.